The number of benzene rings is 1. The molecule has 0 aliphatic carbocycles. The molecule has 1 nitrogen and oxygen atoms in total. The van der Waals surface area contributed by atoms with Crippen molar-refractivity contribution in [2.75, 3.05) is 0 Å². The lowest BCUT2D eigenvalue weighted by Crippen LogP contribution is -1.77. The van der Waals surface area contributed by atoms with E-state index >= 15 is 0 Å². The predicted octanol–water partition coefficient (Wildman–Crippen LogP) is 4.20. The van der Waals surface area contributed by atoms with Gasteiger partial charge in [-0.15, -0.1) is 6.58 Å². The Balaban J connectivity index is 2.67. The fourth-order valence-corrected chi connectivity index (χ4v) is 1.83. The zero-order valence-corrected chi connectivity index (χ0v) is 8.99. The van der Waals surface area contributed by atoms with Crippen molar-refractivity contribution >= 4 is 34.1 Å². The van der Waals surface area contributed by atoms with E-state index in [1.54, 1.807) is 0 Å². The molecule has 0 saturated heterocycles. The van der Waals surface area contributed by atoms with Gasteiger partial charge in [-0.2, -0.15) is 0 Å². The third kappa shape index (κ3) is 1.54. The van der Waals surface area contributed by atoms with E-state index < -0.39 is 0 Å². The van der Waals surface area contributed by atoms with Gasteiger partial charge in [0.2, 0.25) is 0 Å². The van der Waals surface area contributed by atoms with E-state index in [9.17, 15) is 0 Å². The van der Waals surface area contributed by atoms with Crippen LogP contribution >= 0.6 is 23.2 Å². The summed E-state index contributed by atoms with van der Waals surface area (Å²) < 4.78 is 0. The number of rotatable bonds is 2. The van der Waals surface area contributed by atoms with Crippen molar-refractivity contribution in [1.82, 2.24) is 4.98 Å². The second-order valence-electron chi connectivity index (χ2n) is 3.12. The number of aromatic nitrogens is 1. The predicted molar refractivity (Wildman–Crippen MR) is 62.2 cm³/mol. The Bertz CT molecular complexity index is 485. The highest BCUT2D eigenvalue weighted by Crippen LogP contribution is 2.29. The molecule has 0 fully saturated rings. The molecular formula is C11H9Cl2N. The van der Waals surface area contributed by atoms with Crippen molar-refractivity contribution in [2.45, 2.75) is 6.42 Å². The second-order valence-corrected chi connectivity index (χ2v) is 3.93. The Labute approximate surface area is 92.3 Å². The maximum atomic E-state index is 5.95. The molecule has 0 saturated carbocycles. The van der Waals surface area contributed by atoms with Gasteiger partial charge in [-0.3, -0.25) is 0 Å². The molecule has 1 aromatic carbocycles. The summed E-state index contributed by atoms with van der Waals surface area (Å²) >= 11 is 11.8. The Hall–Kier alpha value is -0.920. The molecule has 0 radical (unpaired) electrons. The van der Waals surface area contributed by atoms with Crippen molar-refractivity contribution < 1.29 is 0 Å². The molecule has 1 heterocycles. The molecule has 2 aromatic rings. The van der Waals surface area contributed by atoms with E-state index in [-0.39, 0.29) is 0 Å². The molecule has 0 aliphatic rings. The minimum absolute atomic E-state index is 0.575. The van der Waals surface area contributed by atoms with Crippen LogP contribution in [0.25, 0.3) is 10.9 Å². The van der Waals surface area contributed by atoms with Gasteiger partial charge in [-0.1, -0.05) is 29.3 Å². The van der Waals surface area contributed by atoms with Gasteiger partial charge in [0, 0.05) is 17.1 Å². The van der Waals surface area contributed by atoms with Crippen molar-refractivity contribution in [3.05, 3.63) is 46.6 Å². The quantitative estimate of drug-likeness (QED) is 0.738. The lowest BCUT2D eigenvalue weighted by Gasteiger charge is -1.97. The summed E-state index contributed by atoms with van der Waals surface area (Å²) in [4.78, 5) is 3.15. The van der Waals surface area contributed by atoms with E-state index in [2.05, 4.69) is 11.6 Å². The van der Waals surface area contributed by atoms with Gasteiger partial charge in [-0.25, -0.2) is 0 Å². The normalized spacial score (nSPS) is 10.7. The van der Waals surface area contributed by atoms with E-state index in [1.807, 2.05) is 24.4 Å². The highest BCUT2D eigenvalue weighted by Gasteiger charge is 2.05. The zero-order chi connectivity index (χ0) is 10.1. The summed E-state index contributed by atoms with van der Waals surface area (Å²) in [5.41, 5.74) is 2.20. The van der Waals surface area contributed by atoms with Crippen molar-refractivity contribution in [3.63, 3.8) is 0 Å². The molecular weight excluding hydrogens is 217 g/mol. The van der Waals surface area contributed by atoms with Gasteiger partial charge in [0.05, 0.1) is 10.0 Å². The van der Waals surface area contributed by atoms with Crippen LogP contribution in [-0.2, 0) is 6.42 Å². The van der Waals surface area contributed by atoms with Crippen LogP contribution in [0.15, 0.2) is 31.0 Å². The SMILES string of the molecule is C=CCc1c[nH]c2cc(Cl)c(Cl)cc12. The van der Waals surface area contributed by atoms with Crippen LogP contribution in [0.2, 0.25) is 10.0 Å². The van der Waals surface area contributed by atoms with Gasteiger partial charge in [0.15, 0.2) is 0 Å². The third-order valence-electron chi connectivity index (χ3n) is 2.17. The number of allylic oxidation sites excluding steroid dienone is 1. The number of halogens is 2. The van der Waals surface area contributed by atoms with Gasteiger partial charge in [-0.05, 0) is 24.1 Å². The first-order chi connectivity index (χ1) is 6.72. The van der Waals surface area contributed by atoms with Gasteiger partial charge >= 0.3 is 0 Å². The second kappa shape index (κ2) is 3.68. The summed E-state index contributed by atoms with van der Waals surface area (Å²) in [6.45, 7) is 3.71. The highest BCUT2D eigenvalue weighted by molar-refractivity contribution is 6.42. The lowest BCUT2D eigenvalue weighted by molar-refractivity contribution is 1.29. The van der Waals surface area contributed by atoms with Gasteiger partial charge in [0.1, 0.15) is 0 Å². The molecule has 0 spiro atoms. The molecule has 3 heteroatoms. The lowest BCUT2D eigenvalue weighted by atomic mass is 10.1. The average Bonchev–Trinajstić information content (AvgIpc) is 2.51. The minimum atomic E-state index is 0.575. The first-order valence-electron chi connectivity index (χ1n) is 4.28. The summed E-state index contributed by atoms with van der Waals surface area (Å²) in [7, 11) is 0. The number of H-pyrrole nitrogens is 1. The smallest absolute Gasteiger partial charge is 0.0613 e. The van der Waals surface area contributed by atoms with E-state index in [1.165, 1.54) is 5.56 Å². The van der Waals surface area contributed by atoms with Crippen LogP contribution in [0, 0.1) is 0 Å². The van der Waals surface area contributed by atoms with E-state index in [0.29, 0.717) is 10.0 Å². The maximum Gasteiger partial charge on any atom is 0.0613 e. The standard InChI is InChI=1S/C11H9Cl2N/c1-2-3-7-6-14-11-5-10(13)9(12)4-8(7)11/h2,4-6,14H,1,3H2. The molecule has 0 atom stereocenters. The molecule has 2 rings (SSSR count). The van der Waals surface area contributed by atoms with Crippen molar-refractivity contribution in [1.29, 1.82) is 0 Å². The number of hydrogen-bond donors (Lipinski definition) is 1. The molecule has 0 aliphatic heterocycles. The fourth-order valence-electron chi connectivity index (χ4n) is 1.50. The van der Waals surface area contributed by atoms with Crippen LogP contribution in [0.1, 0.15) is 5.56 Å². The van der Waals surface area contributed by atoms with Crippen LogP contribution in [-0.4, -0.2) is 4.98 Å². The van der Waals surface area contributed by atoms with Crippen LogP contribution in [0.3, 0.4) is 0 Å². The molecule has 72 valence electrons. The van der Waals surface area contributed by atoms with Gasteiger partial charge in [0.25, 0.3) is 0 Å². The summed E-state index contributed by atoms with van der Waals surface area (Å²) in [5.74, 6) is 0. The Morgan fingerprint density at radius 3 is 2.71 bits per heavy atom. The zero-order valence-electron chi connectivity index (χ0n) is 7.48. The number of nitrogens with one attached hydrogen (secondary N) is 1. The van der Waals surface area contributed by atoms with Crippen LogP contribution < -0.4 is 0 Å². The monoisotopic (exact) mass is 225 g/mol. The third-order valence-corrected chi connectivity index (χ3v) is 2.89. The largest absolute Gasteiger partial charge is 0.361 e. The number of hydrogen-bond acceptors (Lipinski definition) is 0. The Morgan fingerprint density at radius 1 is 1.29 bits per heavy atom. The Morgan fingerprint density at radius 2 is 2.00 bits per heavy atom. The average molecular weight is 226 g/mol. The van der Waals surface area contributed by atoms with Crippen molar-refractivity contribution in [2.24, 2.45) is 0 Å². The highest BCUT2D eigenvalue weighted by atomic mass is 35.5. The molecule has 14 heavy (non-hydrogen) atoms. The number of aromatic amines is 1. The fraction of sp³-hybridized carbons (Fsp3) is 0.0909. The summed E-state index contributed by atoms with van der Waals surface area (Å²) in [6, 6.07) is 3.72. The van der Waals surface area contributed by atoms with Crippen LogP contribution in [0.4, 0.5) is 0 Å². The van der Waals surface area contributed by atoms with Gasteiger partial charge < -0.3 is 4.98 Å². The Kier molecular flexibility index (Phi) is 2.53. The minimum Gasteiger partial charge on any atom is -0.361 e. The molecule has 0 unspecified atom stereocenters. The van der Waals surface area contributed by atoms with E-state index in [0.717, 1.165) is 17.3 Å². The van der Waals surface area contributed by atoms with Crippen molar-refractivity contribution in [3.8, 4) is 0 Å². The maximum absolute atomic E-state index is 5.95. The van der Waals surface area contributed by atoms with Crippen LogP contribution in [0.5, 0.6) is 0 Å². The first kappa shape index (κ1) is 9.63. The molecule has 0 amide bonds. The molecule has 1 N–H and O–H groups in total. The first-order valence-corrected chi connectivity index (χ1v) is 5.04. The summed E-state index contributed by atoms with van der Waals surface area (Å²) in [6.07, 6.45) is 4.65. The molecule has 0 bridgehead atoms. The topological polar surface area (TPSA) is 15.8 Å². The molecule has 1 aromatic heterocycles. The number of fused-ring (bicyclic) bond motifs is 1. The van der Waals surface area contributed by atoms with E-state index in [4.69, 9.17) is 23.2 Å². The summed E-state index contributed by atoms with van der Waals surface area (Å²) in [5, 5.41) is 2.27.